The number of hydrogen-bond donors (Lipinski definition) is 2. The molecule has 134 valence electrons. The van der Waals surface area contributed by atoms with Gasteiger partial charge in [0.1, 0.15) is 12.5 Å². The SMILES string of the molecule is CN=CC(C=N)C1C(C(=O)O)c2ccccc2C(=O)N1CC(F)(F)F. The van der Waals surface area contributed by atoms with E-state index >= 15 is 0 Å². The topological polar surface area (TPSA) is 93.8 Å². The number of aliphatic carboxylic acids is 1. The van der Waals surface area contributed by atoms with Crippen molar-refractivity contribution in [3.63, 3.8) is 0 Å². The average Bonchev–Trinajstić information content (AvgIpc) is 2.53. The first-order valence-corrected chi connectivity index (χ1v) is 7.33. The van der Waals surface area contributed by atoms with Gasteiger partial charge in [0.15, 0.2) is 0 Å². The molecule has 25 heavy (non-hydrogen) atoms. The van der Waals surface area contributed by atoms with Gasteiger partial charge in [0, 0.05) is 25.0 Å². The van der Waals surface area contributed by atoms with E-state index in [4.69, 9.17) is 5.41 Å². The van der Waals surface area contributed by atoms with Gasteiger partial charge in [-0.25, -0.2) is 0 Å². The maximum absolute atomic E-state index is 13.0. The number of nitrogens with one attached hydrogen (secondary N) is 1. The van der Waals surface area contributed by atoms with Crippen molar-refractivity contribution in [1.82, 2.24) is 4.90 Å². The number of fused-ring (bicyclic) bond motifs is 1. The third-order valence-electron chi connectivity index (χ3n) is 4.01. The van der Waals surface area contributed by atoms with Gasteiger partial charge in [-0.1, -0.05) is 18.2 Å². The summed E-state index contributed by atoms with van der Waals surface area (Å²) in [5, 5.41) is 17.1. The number of rotatable bonds is 5. The van der Waals surface area contributed by atoms with Gasteiger partial charge in [0.05, 0.1) is 12.0 Å². The first-order chi connectivity index (χ1) is 11.7. The second kappa shape index (κ2) is 7.04. The summed E-state index contributed by atoms with van der Waals surface area (Å²) in [4.78, 5) is 28.6. The van der Waals surface area contributed by atoms with Gasteiger partial charge in [-0.05, 0) is 11.6 Å². The fourth-order valence-corrected chi connectivity index (χ4v) is 3.10. The van der Waals surface area contributed by atoms with Crippen LogP contribution < -0.4 is 0 Å². The molecule has 3 atom stereocenters. The molecule has 1 heterocycles. The number of benzene rings is 1. The zero-order chi connectivity index (χ0) is 18.8. The summed E-state index contributed by atoms with van der Waals surface area (Å²) in [7, 11) is 1.36. The Bertz CT molecular complexity index is 718. The molecule has 0 bridgehead atoms. The minimum Gasteiger partial charge on any atom is -0.481 e. The number of amides is 1. The molecule has 0 radical (unpaired) electrons. The van der Waals surface area contributed by atoms with E-state index in [0.717, 1.165) is 6.21 Å². The smallest absolute Gasteiger partial charge is 0.406 e. The Morgan fingerprint density at radius 1 is 1.44 bits per heavy atom. The lowest BCUT2D eigenvalue weighted by atomic mass is 9.77. The van der Waals surface area contributed by atoms with Crippen LogP contribution in [-0.4, -0.2) is 60.1 Å². The lowest BCUT2D eigenvalue weighted by molar-refractivity contribution is -0.153. The molecular formula is C16H16F3N3O3. The maximum atomic E-state index is 13.0. The molecule has 1 aliphatic rings. The van der Waals surface area contributed by atoms with Crippen molar-refractivity contribution in [1.29, 1.82) is 5.41 Å². The highest BCUT2D eigenvalue weighted by atomic mass is 19.4. The van der Waals surface area contributed by atoms with E-state index in [-0.39, 0.29) is 11.1 Å². The molecule has 0 spiro atoms. The summed E-state index contributed by atoms with van der Waals surface area (Å²) >= 11 is 0. The Balaban J connectivity index is 2.68. The average molecular weight is 355 g/mol. The number of nitrogens with zero attached hydrogens (tertiary/aromatic N) is 2. The number of halogens is 3. The van der Waals surface area contributed by atoms with E-state index in [1.54, 1.807) is 0 Å². The summed E-state index contributed by atoms with van der Waals surface area (Å²) < 4.78 is 39.0. The molecule has 0 aromatic heterocycles. The van der Waals surface area contributed by atoms with E-state index in [9.17, 15) is 27.9 Å². The van der Waals surface area contributed by atoms with Crippen LogP contribution in [0.4, 0.5) is 13.2 Å². The van der Waals surface area contributed by atoms with E-state index in [1.165, 1.54) is 37.5 Å². The van der Waals surface area contributed by atoms with Crippen LogP contribution in [0, 0.1) is 11.3 Å². The molecule has 2 N–H and O–H groups in total. The third-order valence-corrected chi connectivity index (χ3v) is 4.01. The molecule has 0 aliphatic carbocycles. The number of carbonyl (C=O) groups excluding carboxylic acids is 1. The van der Waals surface area contributed by atoms with Gasteiger partial charge in [-0.15, -0.1) is 0 Å². The molecule has 1 aromatic rings. The largest absolute Gasteiger partial charge is 0.481 e. The van der Waals surface area contributed by atoms with Gasteiger partial charge < -0.3 is 20.4 Å². The highest BCUT2D eigenvalue weighted by molar-refractivity contribution is 6.01. The van der Waals surface area contributed by atoms with Crippen molar-refractivity contribution in [2.75, 3.05) is 13.6 Å². The van der Waals surface area contributed by atoms with Crippen LogP contribution in [0.3, 0.4) is 0 Å². The van der Waals surface area contributed by atoms with E-state index in [0.29, 0.717) is 4.90 Å². The number of carboxylic acids is 1. The van der Waals surface area contributed by atoms with Gasteiger partial charge >= 0.3 is 12.1 Å². The Hall–Kier alpha value is -2.71. The Morgan fingerprint density at radius 2 is 2.08 bits per heavy atom. The minimum absolute atomic E-state index is 0.0763. The molecule has 0 saturated heterocycles. The second-order valence-electron chi connectivity index (χ2n) is 5.59. The van der Waals surface area contributed by atoms with Crippen LogP contribution in [0.5, 0.6) is 0 Å². The standard InChI is InChI=1S/C16H16F3N3O3/c1-21-7-9(6-20)13-12(15(24)25)10-4-2-3-5-11(10)14(23)22(13)8-16(17,18)19/h2-7,9,12-13,20H,8H2,1H3,(H,24,25). The van der Waals surface area contributed by atoms with Crippen LogP contribution in [0.1, 0.15) is 21.8 Å². The Morgan fingerprint density at radius 3 is 2.60 bits per heavy atom. The van der Waals surface area contributed by atoms with Crippen molar-refractivity contribution in [2.24, 2.45) is 10.9 Å². The molecular weight excluding hydrogens is 339 g/mol. The van der Waals surface area contributed by atoms with Gasteiger partial charge in [-0.2, -0.15) is 13.2 Å². The van der Waals surface area contributed by atoms with Crippen molar-refractivity contribution < 1.29 is 27.9 Å². The van der Waals surface area contributed by atoms with Crippen molar-refractivity contribution in [3.05, 3.63) is 35.4 Å². The zero-order valence-electron chi connectivity index (χ0n) is 13.2. The first kappa shape index (κ1) is 18.6. The van der Waals surface area contributed by atoms with Gasteiger partial charge in [0.25, 0.3) is 5.91 Å². The van der Waals surface area contributed by atoms with Crippen LogP contribution in [0.2, 0.25) is 0 Å². The predicted octanol–water partition coefficient (Wildman–Crippen LogP) is 2.21. The Kier molecular flexibility index (Phi) is 5.24. The quantitative estimate of drug-likeness (QED) is 0.793. The summed E-state index contributed by atoms with van der Waals surface area (Å²) in [6, 6.07) is 4.30. The lowest BCUT2D eigenvalue weighted by Crippen LogP contribution is -2.56. The number of hydrogen-bond acceptors (Lipinski definition) is 4. The third kappa shape index (κ3) is 3.70. The van der Waals surface area contributed by atoms with Gasteiger partial charge in [0.2, 0.25) is 0 Å². The molecule has 2 rings (SSSR count). The normalized spacial score (nSPS) is 21.9. The van der Waals surface area contributed by atoms with Crippen molar-refractivity contribution in [2.45, 2.75) is 18.1 Å². The second-order valence-corrected chi connectivity index (χ2v) is 5.59. The summed E-state index contributed by atoms with van der Waals surface area (Å²) in [5.41, 5.74) is 0.0624. The van der Waals surface area contributed by atoms with E-state index in [1.807, 2.05) is 0 Å². The molecule has 1 aromatic carbocycles. The van der Waals surface area contributed by atoms with Gasteiger partial charge in [-0.3, -0.25) is 9.59 Å². The van der Waals surface area contributed by atoms with Crippen LogP contribution >= 0.6 is 0 Å². The van der Waals surface area contributed by atoms with E-state index in [2.05, 4.69) is 4.99 Å². The number of aliphatic imine (C=N–C) groups is 1. The van der Waals surface area contributed by atoms with E-state index < -0.39 is 42.5 Å². The maximum Gasteiger partial charge on any atom is 0.406 e. The molecule has 0 saturated carbocycles. The molecule has 1 aliphatic heterocycles. The van der Waals surface area contributed by atoms with Crippen molar-refractivity contribution in [3.8, 4) is 0 Å². The number of carboxylic acid groups (broad SMARTS) is 1. The fourth-order valence-electron chi connectivity index (χ4n) is 3.10. The number of alkyl halides is 3. The summed E-state index contributed by atoms with van der Waals surface area (Å²) in [6.07, 6.45) is -2.73. The molecule has 9 heteroatoms. The fraction of sp³-hybridized carbons (Fsp3) is 0.375. The number of carbonyl (C=O) groups is 2. The summed E-state index contributed by atoms with van der Waals surface area (Å²) in [6.45, 7) is -1.60. The molecule has 1 amide bonds. The monoisotopic (exact) mass is 355 g/mol. The first-order valence-electron chi connectivity index (χ1n) is 7.33. The molecule has 6 nitrogen and oxygen atoms in total. The van der Waals surface area contributed by atoms with Crippen LogP contribution in [0.15, 0.2) is 29.3 Å². The highest BCUT2D eigenvalue weighted by Gasteiger charge is 2.49. The Labute approximate surface area is 141 Å². The van der Waals surface area contributed by atoms with Crippen LogP contribution in [-0.2, 0) is 4.79 Å². The predicted molar refractivity (Wildman–Crippen MR) is 84.4 cm³/mol. The molecule has 3 unspecified atom stereocenters. The summed E-state index contributed by atoms with van der Waals surface area (Å²) in [5.74, 6) is -4.74. The zero-order valence-corrected chi connectivity index (χ0v) is 13.2. The minimum atomic E-state index is -4.71. The van der Waals surface area contributed by atoms with Crippen LogP contribution in [0.25, 0.3) is 0 Å². The highest BCUT2D eigenvalue weighted by Crippen LogP contribution is 2.38. The molecule has 0 fully saturated rings. The lowest BCUT2D eigenvalue weighted by Gasteiger charge is -2.42. The van der Waals surface area contributed by atoms with Crippen molar-refractivity contribution >= 4 is 24.3 Å².